The van der Waals surface area contributed by atoms with E-state index in [1.165, 1.54) is 0 Å². The van der Waals surface area contributed by atoms with Gasteiger partial charge in [-0.15, -0.1) is 0 Å². The van der Waals surface area contributed by atoms with Crippen molar-refractivity contribution in [3.8, 4) is 0 Å². The number of nitrogens with zero attached hydrogens (tertiary/aromatic N) is 1. The van der Waals surface area contributed by atoms with E-state index in [-0.39, 0.29) is 17.8 Å². The highest BCUT2D eigenvalue weighted by Crippen LogP contribution is 2.14. The number of rotatable bonds is 5. The molecule has 24 heavy (non-hydrogen) atoms. The molecular weight excluding hydrogens is 312 g/mol. The highest BCUT2D eigenvalue weighted by molar-refractivity contribution is 5.96. The normalized spacial score (nSPS) is 13.3. The van der Waals surface area contributed by atoms with Gasteiger partial charge in [0, 0.05) is 30.3 Å². The minimum Gasteiger partial charge on any atom is -0.354 e. The van der Waals surface area contributed by atoms with E-state index in [1.807, 2.05) is 24.3 Å². The van der Waals surface area contributed by atoms with Crippen LogP contribution in [-0.2, 0) is 6.42 Å². The third-order valence-corrected chi connectivity index (χ3v) is 3.72. The van der Waals surface area contributed by atoms with Gasteiger partial charge in [-0.25, -0.2) is 8.78 Å². The number of aliphatic imine (C=N–C) groups is 1. The van der Waals surface area contributed by atoms with Crippen LogP contribution in [0.15, 0.2) is 47.5 Å². The first-order valence-corrected chi connectivity index (χ1v) is 7.74. The maximum Gasteiger partial charge on any atom is 0.195 e. The van der Waals surface area contributed by atoms with Crippen LogP contribution in [0.1, 0.15) is 22.3 Å². The van der Waals surface area contributed by atoms with Crippen molar-refractivity contribution in [1.82, 2.24) is 5.32 Å². The van der Waals surface area contributed by atoms with Gasteiger partial charge in [0.2, 0.25) is 0 Å². The van der Waals surface area contributed by atoms with Crippen molar-refractivity contribution >= 4 is 17.4 Å². The molecule has 0 spiro atoms. The third-order valence-electron chi connectivity index (χ3n) is 3.72. The molecule has 0 bridgehead atoms. The van der Waals surface area contributed by atoms with Gasteiger partial charge in [0.05, 0.1) is 6.54 Å². The number of hydrogen-bond donors (Lipinski definition) is 2. The first-order valence-electron chi connectivity index (χ1n) is 7.74. The summed E-state index contributed by atoms with van der Waals surface area (Å²) in [5.41, 5.74) is 1.95. The van der Waals surface area contributed by atoms with E-state index in [9.17, 15) is 13.6 Å². The lowest BCUT2D eigenvalue weighted by Gasteiger charge is -2.07. The largest absolute Gasteiger partial charge is 0.354 e. The lowest BCUT2D eigenvalue weighted by atomic mass is 10.0. The maximum absolute atomic E-state index is 13.1. The Balaban J connectivity index is 1.57. The summed E-state index contributed by atoms with van der Waals surface area (Å²) in [6.07, 6.45) is 0.709. The molecule has 1 aliphatic heterocycles. The monoisotopic (exact) mass is 329 g/mol. The van der Waals surface area contributed by atoms with Crippen LogP contribution in [0.3, 0.4) is 0 Å². The minimum absolute atomic E-state index is 0.0658. The van der Waals surface area contributed by atoms with E-state index in [1.54, 1.807) is 0 Å². The second kappa shape index (κ2) is 7.21. The Hall–Kier alpha value is -2.76. The summed E-state index contributed by atoms with van der Waals surface area (Å²) in [5, 5.41) is 6.28. The molecule has 2 aromatic carbocycles. The van der Waals surface area contributed by atoms with Crippen LogP contribution in [0.2, 0.25) is 0 Å². The van der Waals surface area contributed by atoms with Crippen LogP contribution in [0.4, 0.5) is 14.5 Å². The SMILES string of the molecule is O=C(CCc1ccc(NC2=NCCN2)cc1)c1cc(F)cc(F)c1. The molecular formula is C18H17F2N3O. The van der Waals surface area contributed by atoms with E-state index in [0.29, 0.717) is 6.42 Å². The van der Waals surface area contributed by atoms with Crippen LogP contribution in [0.25, 0.3) is 0 Å². The molecule has 6 heteroatoms. The van der Waals surface area contributed by atoms with Gasteiger partial charge in [-0.3, -0.25) is 9.79 Å². The quantitative estimate of drug-likeness (QED) is 0.829. The molecule has 1 aliphatic rings. The molecule has 124 valence electrons. The van der Waals surface area contributed by atoms with Crippen LogP contribution < -0.4 is 10.6 Å². The second-order valence-electron chi connectivity index (χ2n) is 5.56. The molecule has 4 nitrogen and oxygen atoms in total. The average Bonchev–Trinajstić information content (AvgIpc) is 3.06. The molecule has 0 amide bonds. The Bertz CT molecular complexity index is 752. The number of nitrogens with one attached hydrogen (secondary N) is 2. The maximum atomic E-state index is 13.1. The third kappa shape index (κ3) is 4.16. The van der Waals surface area contributed by atoms with E-state index in [0.717, 1.165) is 48.5 Å². The average molecular weight is 329 g/mol. The van der Waals surface area contributed by atoms with Gasteiger partial charge in [0.15, 0.2) is 11.7 Å². The van der Waals surface area contributed by atoms with Crippen LogP contribution in [0, 0.1) is 11.6 Å². The number of anilines is 1. The van der Waals surface area contributed by atoms with Crippen LogP contribution >= 0.6 is 0 Å². The Morgan fingerprint density at radius 1 is 1.12 bits per heavy atom. The predicted octanol–water partition coefficient (Wildman–Crippen LogP) is 3.15. The number of aryl methyl sites for hydroxylation is 1. The Morgan fingerprint density at radius 2 is 1.83 bits per heavy atom. The number of guanidine groups is 1. The first-order chi connectivity index (χ1) is 11.6. The van der Waals surface area contributed by atoms with Gasteiger partial charge < -0.3 is 10.6 Å². The van der Waals surface area contributed by atoms with Crippen molar-refractivity contribution in [1.29, 1.82) is 0 Å². The van der Waals surface area contributed by atoms with E-state index < -0.39 is 11.6 Å². The highest BCUT2D eigenvalue weighted by atomic mass is 19.1. The number of ketones is 1. The van der Waals surface area contributed by atoms with Crippen LogP contribution in [0.5, 0.6) is 0 Å². The number of benzene rings is 2. The zero-order valence-corrected chi connectivity index (χ0v) is 13.0. The summed E-state index contributed by atoms with van der Waals surface area (Å²) in [4.78, 5) is 16.3. The zero-order chi connectivity index (χ0) is 16.9. The number of carbonyl (C=O) groups is 1. The standard InChI is InChI=1S/C18H17F2N3O/c19-14-9-13(10-15(20)11-14)17(24)6-3-12-1-4-16(5-2-12)23-18-21-7-8-22-18/h1-2,4-5,9-11H,3,6-8H2,(H2,21,22,23). The Labute approximate surface area is 138 Å². The Kier molecular flexibility index (Phi) is 4.84. The minimum atomic E-state index is -0.739. The van der Waals surface area contributed by atoms with Gasteiger partial charge in [-0.05, 0) is 36.2 Å². The molecule has 2 aromatic rings. The van der Waals surface area contributed by atoms with Crippen molar-refractivity contribution in [2.45, 2.75) is 12.8 Å². The lowest BCUT2D eigenvalue weighted by molar-refractivity contribution is 0.0982. The molecule has 0 aromatic heterocycles. The molecule has 2 N–H and O–H groups in total. The molecule has 0 unspecified atom stereocenters. The summed E-state index contributed by atoms with van der Waals surface area (Å²) in [6.45, 7) is 1.60. The van der Waals surface area contributed by atoms with E-state index in [4.69, 9.17) is 0 Å². The fourth-order valence-corrected chi connectivity index (χ4v) is 2.49. The van der Waals surface area contributed by atoms with Crippen molar-refractivity contribution in [2.24, 2.45) is 4.99 Å². The lowest BCUT2D eigenvalue weighted by Crippen LogP contribution is -2.26. The van der Waals surface area contributed by atoms with Crippen molar-refractivity contribution in [2.75, 3.05) is 18.4 Å². The molecule has 0 radical (unpaired) electrons. The molecule has 0 fully saturated rings. The zero-order valence-electron chi connectivity index (χ0n) is 13.0. The van der Waals surface area contributed by atoms with E-state index in [2.05, 4.69) is 15.6 Å². The number of carbonyl (C=O) groups excluding carboxylic acids is 1. The molecule has 0 saturated heterocycles. The van der Waals surface area contributed by atoms with Crippen molar-refractivity contribution < 1.29 is 13.6 Å². The van der Waals surface area contributed by atoms with Crippen LogP contribution in [-0.4, -0.2) is 24.8 Å². The fourth-order valence-electron chi connectivity index (χ4n) is 2.49. The fraction of sp³-hybridized carbons (Fsp3) is 0.222. The summed E-state index contributed by atoms with van der Waals surface area (Å²) < 4.78 is 26.3. The number of halogens is 2. The van der Waals surface area contributed by atoms with Gasteiger partial charge in [0.25, 0.3) is 0 Å². The molecule has 0 atom stereocenters. The number of hydrogen-bond acceptors (Lipinski definition) is 4. The van der Waals surface area contributed by atoms with Gasteiger partial charge in [0.1, 0.15) is 11.6 Å². The molecule has 3 rings (SSSR count). The topological polar surface area (TPSA) is 53.5 Å². The van der Waals surface area contributed by atoms with E-state index >= 15 is 0 Å². The number of Topliss-reactive ketones (excluding diaryl/α,β-unsaturated/α-hetero) is 1. The summed E-state index contributed by atoms with van der Waals surface area (Å²) in [6, 6.07) is 10.5. The van der Waals surface area contributed by atoms with Gasteiger partial charge in [-0.2, -0.15) is 0 Å². The van der Waals surface area contributed by atoms with Gasteiger partial charge >= 0.3 is 0 Å². The smallest absolute Gasteiger partial charge is 0.195 e. The first kappa shape index (κ1) is 16.1. The molecule has 0 saturated carbocycles. The predicted molar refractivity (Wildman–Crippen MR) is 89.4 cm³/mol. The summed E-state index contributed by atoms with van der Waals surface area (Å²) in [7, 11) is 0. The Morgan fingerprint density at radius 3 is 2.46 bits per heavy atom. The molecule has 0 aliphatic carbocycles. The van der Waals surface area contributed by atoms with Crippen molar-refractivity contribution in [3.05, 3.63) is 65.2 Å². The second-order valence-corrected chi connectivity index (χ2v) is 5.56. The van der Waals surface area contributed by atoms with Crippen molar-refractivity contribution in [3.63, 3.8) is 0 Å². The summed E-state index contributed by atoms with van der Waals surface area (Å²) in [5.74, 6) is -0.999. The van der Waals surface area contributed by atoms with Gasteiger partial charge in [-0.1, -0.05) is 12.1 Å². The highest BCUT2D eigenvalue weighted by Gasteiger charge is 2.10. The summed E-state index contributed by atoms with van der Waals surface area (Å²) >= 11 is 0. The molecule has 1 heterocycles.